The van der Waals surface area contributed by atoms with E-state index in [2.05, 4.69) is 5.32 Å². The first-order valence-corrected chi connectivity index (χ1v) is 8.18. The number of phenolic OH excluding ortho intramolecular Hbond substituents is 1. The van der Waals surface area contributed by atoms with Gasteiger partial charge in [-0.1, -0.05) is 30.3 Å². The second-order valence-corrected chi connectivity index (χ2v) is 6.02. The molecule has 7 heteroatoms. The average Bonchev–Trinajstić information content (AvgIpc) is 2.62. The number of hydrazine groups is 1. The predicted octanol–water partition coefficient (Wildman–Crippen LogP) is 1.67. The van der Waals surface area contributed by atoms with Crippen LogP contribution in [0, 0.1) is 0 Å². The molecule has 2 aromatic carbocycles. The molecule has 2 rings (SSSR count). The van der Waals surface area contributed by atoms with Gasteiger partial charge < -0.3 is 26.1 Å². The fraction of sp³-hybridized carbons (Fsp3) is 0.211. The van der Waals surface area contributed by atoms with Gasteiger partial charge in [-0.05, 0) is 35.4 Å². The van der Waals surface area contributed by atoms with Crippen LogP contribution in [0.15, 0.2) is 60.3 Å². The standard InChI is InChI=1S/C19H25N5O2/c1-23(13-14-6-4-3-5-7-14)19(26)22-12-17(24(2)21)18(20)15-8-10-16(25)11-9-15/h3-11,25H,12-13,20-21H2,1-2H3,(H,22,26)/b18-17-. The van der Waals surface area contributed by atoms with E-state index in [0.29, 0.717) is 23.5 Å². The van der Waals surface area contributed by atoms with Crippen molar-refractivity contribution in [3.05, 3.63) is 71.4 Å². The number of nitrogens with one attached hydrogen (secondary N) is 1. The molecule has 2 aromatic rings. The molecule has 0 heterocycles. The Morgan fingerprint density at radius 3 is 2.27 bits per heavy atom. The maximum absolute atomic E-state index is 12.3. The molecular formula is C19H25N5O2. The second-order valence-electron chi connectivity index (χ2n) is 6.02. The van der Waals surface area contributed by atoms with Crippen LogP contribution in [-0.4, -0.2) is 41.7 Å². The number of amides is 2. The van der Waals surface area contributed by atoms with Crippen LogP contribution < -0.4 is 16.9 Å². The third-order valence-electron chi connectivity index (χ3n) is 3.93. The van der Waals surface area contributed by atoms with Crippen molar-refractivity contribution < 1.29 is 9.90 Å². The summed E-state index contributed by atoms with van der Waals surface area (Å²) in [7, 11) is 3.38. The lowest BCUT2D eigenvalue weighted by Crippen LogP contribution is -2.41. The lowest BCUT2D eigenvalue weighted by Gasteiger charge is -2.23. The molecule has 0 saturated carbocycles. The molecule has 0 aliphatic heterocycles. The number of nitrogens with two attached hydrogens (primary N) is 2. The third-order valence-corrected chi connectivity index (χ3v) is 3.93. The van der Waals surface area contributed by atoms with E-state index in [4.69, 9.17) is 11.6 Å². The average molecular weight is 355 g/mol. The molecule has 0 aliphatic carbocycles. The number of carbonyl (C=O) groups excluding carboxylic acids is 1. The van der Waals surface area contributed by atoms with Gasteiger partial charge in [-0.3, -0.25) is 0 Å². The Hall–Kier alpha value is -3.19. The quantitative estimate of drug-likeness (QED) is 0.466. The highest BCUT2D eigenvalue weighted by atomic mass is 16.3. The summed E-state index contributed by atoms with van der Waals surface area (Å²) < 4.78 is 0. The van der Waals surface area contributed by atoms with Crippen LogP contribution in [0.5, 0.6) is 5.75 Å². The Labute approximate surface area is 153 Å². The van der Waals surface area contributed by atoms with E-state index in [1.807, 2.05) is 30.3 Å². The van der Waals surface area contributed by atoms with E-state index < -0.39 is 0 Å². The number of carbonyl (C=O) groups is 1. The summed E-state index contributed by atoms with van der Waals surface area (Å²) in [6, 6.07) is 16.0. The molecule has 2 amide bonds. The molecule has 138 valence electrons. The van der Waals surface area contributed by atoms with Gasteiger partial charge in [0.25, 0.3) is 0 Å². The van der Waals surface area contributed by atoms with Crippen molar-refractivity contribution in [3.8, 4) is 5.75 Å². The highest BCUT2D eigenvalue weighted by Gasteiger charge is 2.13. The zero-order valence-electron chi connectivity index (χ0n) is 15.0. The fourth-order valence-electron chi connectivity index (χ4n) is 2.44. The van der Waals surface area contributed by atoms with Crippen molar-refractivity contribution in [1.29, 1.82) is 0 Å². The molecule has 0 aliphatic rings. The zero-order valence-corrected chi connectivity index (χ0v) is 15.0. The van der Waals surface area contributed by atoms with Gasteiger partial charge in [0, 0.05) is 20.6 Å². The number of hydrogen-bond donors (Lipinski definition) is 4. The molecule has 6 N–H and O–H groups in total. The third kappa shape index (κ3) is 5.15. The Bertz CT molecular complexity index is 757. The first-order chi connectivity index (χ1) is 12.4. The first-order valence-electron chi connectivity index (χ1n) is 8.18. The maximum atomic E-state index is 12.3. The number of urea groups is 1. The molecule has 0 radical (unpaired) electrons. The molecule has 0 unspecified atom stereocenters. The van der Waals surface area contributed by atoms with Crippen molar-refractivity contribution in [2.45, 2.75) is 6.54 Å². The van der Waals surface area contributed by atoms with Crippen LogP contribution in [0.1, 0.15) is 11.1 Å². The van der Waals surface area contributed by atoms with Crippen molar-refractivity contribution in [1.82, 2.24) is 15.2 Å². The maximum Gasteiger partial charge on any atom is 0.317 e. The van der Waals surface area contributed by atoms with Crippen LogP contribution in [-0.2, 0) is 6.54 Å². The van der Waals surface area contributed by atoms with Crippen LogP contribution in [0.3, 0.4) is 0 Å². The van der Waals surface area contributed by atoms with Gasteiger partial charge in [0.05, 0.1) is 17.9 Å². The van der Waals surface area contributed by atoms with Crippen LogP contribution in [0.2, 0.25) is 0 Å². The smallest absolute Gasteiger partial charge is 0.317 e. The molecule has 0 saturated heterocycles. The van der Waals surface area contributed by atoms with Crippen LogP contribution >= 0.6 is 0 Å². The van der Waals surface area contributed by atoms with Gasteiger partial charge in [0.1, 0.15) is 5.75 Å². The number of benzene rings is 2. The summed E-state index contributed by atoms with van der Waals surface area (Å²) in [5, 5.41) is 13.6. The summed E-state index contributed by atoms with van der Waals surface area (Å²) in [5.74, 6) is 6.02. The Kier molecular flexibility index (Phi) is 6.46. The van der Waals surface area contributed by atoms with Crippen LogP contribution in [0.4, 0.5) is 4.79 Å². The largest absolute Gasteiger partial charge is 0.508 e. The van der Waals surface area contributed by atoms with E-state index in [-0.39, 0.29) is 18.3 Å². The highest BCUT2D eigenvalue weighted by Crippen LogP contribution is 2.17. The van der Waals surface area contributed by atoms with Gasteiger partial charge in [-0.2, -0.15) is 0 Å². The van der Waals surface area contributed by atoms with E-state index in [1.165, 1.54) is 5.01 Å². The fourth-order valence-corrected chi connectivity index (χ4v) is 2.44. The molecule has 0 spiro atoms. The molecule has 7 nitrogen and oxygen atoms in total. The van der Waals surface area contributed by atoms with Crippen molar-refractivity contribution >= 4 is 11.7 Å². The van der Waals surface area contributed by atoms with Crippen LogP contribution in [0.25, 0.3) is 5.70 Å². The van der Waals surface area contributed by atoms with Crippen molar-refractivity contribution in [2.75, 3.05) is 20.6 Å². The summed E-state index contributed by atoms with van der Waals surface area (Å²) in [4.78, 5) is 13.9. The number of aromatic hydroxyl groups is 1. The van der Waals surface area contributed by atoms with Gasteiger partial charge in [0.15, 0.2) is 0 Å². The molecule has 0 bridgehead atoms. The lowest BCUT2D eigenvalue weighted by molar-refractivity contribution is 0.207. The molecule has 0 aromatic heterocycles. The normalized spacial score (nSPS) is 11.5. The predicted molar refractivity (Wildman–Crippen MR) is 102 cm³/mol. The molecule has 26 heavy (non-hydrogen) atoms. The highest BCUT2D eigenvalue weighted by molar-refractivity contribution is 5.75. The summed E-state index contributed by atoms with van der Waals surface area (Å²) in [6.45, 7) is 0.676. The second kappa shape index (κ2) is 8.77. The Morgan fingerprint density at radius 2 is 1.69 bits per heavy atom. The minimum atomic E-state index is -0.230. The van der Waals surface area contributed by atoms with E-state index >= 15 is 0 Å². The van der Waals surface area contributed by atoms with E-state index in [9.17, 15) is 9.90 Å². The summed E-state index contributed by atoms with van der Waals surface area (Å²) >= 11 is 0. The number of phenols is 1. The lowest BCUT2D eigenvalue weighted by atomic mass is 10.1. The van der Waals surface area contributed by atoms with E-state index in [1.54, 1.807) is 43.3 Å². The topological polar surface area (TPSA) is 108 Å². The molecule has 0 atom stereocenters. The SMILES string of the molecule is CN(Cc1ccccc1)C(=O)NC/C(=C(/N)c1ccc(O)cc1)N(C)N. The van der Waals surface area contributed by atoms with Crippen molar-refractivity contribution in [3.63, 3.8) is 0 Å². The Balaban J connectivity index is 2.04. The first kappa shape index (κ1) is 19.1. The number of hydrogen-bond acceptors (Lipinski definition) is 5. The summed E-state index contributed by atoms with van der Waals surface area (Å²) in [5.41, 5.74) is 8.94. The van der Waals surface area contributed by atoms with Gasteiger partial charge >= 0.3 is 6.03 Å². The number of likely N-dealkylation sites (N-methyl/N-ethyl adjacent to an activating group) is 1. The number of rotatable bonds is 6. The van der Waals surface area contributed by atoms with Crippen molar-refractivity contribution in [2.24, 2.45) is 11.6 Å². The number of nitrogens with zero attached hydrogens (tertiary/aromatic N) is 2. The monoisotopic (exact) mass is 355 g/mol. The van der Waals surface area contributed by atoms with Gasteiger partial charge in [-0.25, -0.2) is 10.6 Å². The Morgan fingerprint density at radius 1 is 1.08 bits per heavy atom. The molecule has 0 fully saturated rings. The van der Waals surface area contributed by atoms with E-state index in [0.717, 1.165) is 5.56 Å². The summed E-state index contributed by atoms with van der Waals surface area (Å²) in [6.07, 6.45) is 0. The molecular weight excluding hydrogens is 330 g/mol. The van der Waals surface area contributed by atoms with Gasteiger partial charge in [0.2, 0.25) is 0 Å². The zero-order chi connectivity index (χ0) is 19.1. The minimum Gasteiger partial charge on any atom is -0.508 e. The van der Waals surface area contributed by atoms with Gasteiger partial charge in [-0.15, -0.1) is 0 Å². The minimum absolute atomic E-state index is 0.153.